The van der Waals surface area contributed by atoms with Crippen molar-refractivity contribution < 1.29 is 13.2 Å². The summed E-state index contributed by atoms with van der Waals surface area (Å²) in [5.74, 6) is -0.320. The Labute approximate surface area is 187 Å². The Bertz CT molecular complexity index is 1290. The van der Waals surface area contributed by atoms with E-state index in [1.54, 1.807) is 55.8 Å². The summed E-state index contributed by atoms with van der Waals surface area (Å²) in [5.41, 5.74) is 2.52. The van der Waals surface area contributed by atoms with Crippen LogP contribution in [0.5, 0.6) is 0 Å². The Kier molecular flexibility index (Phi) is 6.04. The van der Waals surface area contributed by atoms with Gasteiger partial charge in [0.15, 0.2) is 0 Å². The predicted octanol–water partition coefficient (Wildman–Crippen LogP) is 4.34. The van der Waals surface area contributed by atoms with Gasteiger partial charge in [-0.15, -0.1) is 0 Å². The highest BCUT2D eigenvalue weighted by Crippen LogP contribution is 2.23. The average molecular weight is 447 g/mol. The highest BCUT2D eigenvalue weighted by Gasteiger charge is 2.23. The zero-order chi connectivity index (χ0) is 22.6. The van der Waals surface area contributed by atoms with Crippen LogP contribution in [0.3, 0.4) is 0 Å². The van der Waals surface area contributed by atoms with Crippen molar-refractivity contribution in [2.24, 2.45) is 0 Å². The highest BCUT2D eigenvalue weighted by atomic mass is 32.2. The smallest absolute Gasteiger partial charge is 0.264 e. The van der Waals surface area contributed by atoms with Crippen LogP contribution in [0, 0.1) is 0 Å². The quantitative estimate of drug-likeness (QED) is 0.458. The molecule has 1 amide bonds. The molecule has 8 heteroatoms. The monoisotopic (exact) mass is 446 g/mol. The lowest BCUT2D eigenvalue weighted by atomic mass is 10.2. The Morgan fingerprint density at radius 1 is 0.969 bits per heavy atom. The van der Waals surface area contributed by atoms with Crippen molar-refractivity contribution in [3.63, 3.8) is 0 Å². The average Bonchev–Trinajstić information content (AvgIpc) is 3.36. The molecule has 4 aromatic rings. The van der Waals surface area contributed by atoms with Crippen LogP contribution in [-0.2, 0) is 10.0 Å². The van der Waals surface area contributed by atoms with Gasteiger partial charge in [0.25, 0.3) is 15.9 Å². The third kappa shape index (κ3) is 4.40. The minimum Gasteiger partial charge on any atom is -0.322 e. The Hall–Kier alpha value is -3.91. The number of imidazole rings is 1. The standard InChI is InChI=1S/C24H22N4O3S/c1-2-28(22-6-4-3-5-7-22)32(30,31)23-14-8-19(9-15-23)24(29)26-20-10-12-21(13-11-20)27-17-16-25-18-27/h3-18H,2H2,1H3,(H,26,29). The minimum absolute atomic E-state index is 0.129. The van der Waals surface area contributed by atoms with Crippen LogP contribution in [-0.4, -0.2) is 30.4 Å². The molecule has 0 fully saturated rings. The van der Waals surface area contributed by atoms with Crippen molar-refractivity contribution in [1.29, 1.82) is 0 Å². The van der Waals surface area contributed by atoms with E-state index in [1.807, 2.05) is 29.0 Å². The number of rotatable bonds is 7. The van der Waals surface area contributed by atoms with Crippen LogP contribution in [0.25, 0.3) is 5.69 Å². The van der Waals surface area contributed by atoms with E-state index in [4.69, 9.17) is 0 Å². The van der Waals surface area contributed by atoms with Gasteiger partial charge in [-0.2, -0.15) is 0 Å². The third-order valence-corrected chi connectivity index (χ3v) is 6.88. The molecule has 0 unspecified atom stereocenters. The van der Waals surface area contributed by atoms with Crippen LogP contribution in [0.4, 0.5) is 11.4 Å². The highest BCUT2D eigenvalue weighted by molar-refractivity contribution is 7.92. The molecule has 162 valence electrons. The summed E-state index contributed by atoms with van der Waals surface area (Å²) in [7, 11) is -3.74. The molecule has 0 atom stereocenters. The van der Waals surface area contributed by atoms with Crippen molar-refractivity contribution in [2.75, 3.05) is 16.2 Å². The third-order valence-electron chi connectivity index (χ3n) is 4.96. The van der Waals surface area contributed by atoms with Crippen molar-refractivity contribution in [1.82, 2.24) is 9.55 Å². The van der Waals surface area contributed by atoms with Gasteiger partial charge in [0.1, 0.15) is 0 Å². The van der Waals surface area contributed by atoms with E-state index in [0.29, 0.717) is 23.5 Å². The second-order valence-electron chi connectivity index (χ2n) is 7.00. The molecule has 0 aliphatic heterocycles. The van der Waals surface area contributed by atoms with Crippen LogP contribution in [0.1, 0.15) is 17.3 Å². The van der Waals surface area contributed by atoms with Crippen LogP contribution in [0.15, 0.2) is 102 Å². The van der Waals surface area contributed by atoms with Crippen molar-refractivity contribution in [3.05, 3.63) is 103 Å². The lowest BCUT2D eigenvalue weighted by Gasteiger charge is -2.23. The molecule has 1 aromatic heterocycles. The molecule has 7 nitrogen and oxygen atoms in total. The fourth-order valence-electron chi connectivity index (χ4n) is 3.32. The molecule has 32 heavy (non-hydrogen) atoms. The van der Waals surface area contributed by atoms with Gasteiger partial charge in [0.05, 0.1) is 16.9 Å². The lowest BCUT2D eigenvalue weighted by Crippen LogP contribution is -2.30. The summed E-state index contributed by atoms with van der Waals surface area (Å²) in [6.07, 6.45) is 5.22. The Balaban J connectivity index is 1.48. The van der Waals surface area contributed by atoms with Crippen LogP contribution >= 0.6 is 0 Å². The fourth-order valence-corrected chi connectivity index (χ4v) is 4.80. The Morgan fingerprint density at radius 3 is 2.25 bits per heavy atom. The number of nitrogens with one attached hydrogen (secondary N) is 1. The molecule has 1 N–H and O–H groups in total. The van der Waals surface area contributed by atoms with Gasteiger partial charge >= 0.3 is 0 Å². The molecule has 0 saturated heterocycles. The van der Waals surface area contributed by atoms with E-state index in [-0.39, 0.29) is 10.8 Å². The summed E-state index contributed by atoms with van der Waals surface area (Å²) in [5, 5.41) is 2.83. The van der Waals surface area contributed by atoms with Gasteiger partial charge in [-0.05, 0) is 67.6 Å². The molecule has 4 rings (SSSR count). The zero-order valence-corrected chi connectivity index (χ0v) is 18.2. The topological polar surface area (TPSA) is 84.3 Å². The zero-order valence-electron chi connectivity index (χ0n) is 17.4. The number of sulfonamides is 1. The number of hydrogen-bond acceptors (Lipinski definition) is 4. The first-order valence-corrected chi connectivity index (χ1v) is 11.5. The Morgan fingerprint density at radius 2 is 1.66 bits per heavy atom. The normalized spacial score (nSPS) is 11.2. The largest absolute Gasteiger partial charge is 0.322 e. The summed E-state index contributed by atoms with van der Waals surface area (Å²) < 4.78 is 29.4. The number of aromatic nitrogens is 2. The number of benzene rings is 3. The number of para-hydroxylation sites is 1. The van der Waals surface area contributed by atoms with Crippen molar-refractivity contribution >= 4 is 27.3 Å². The van der Waals surface area contributed by atoms with Gasteiger partial charge in [-0.3, -0.25) is 9.10 Å². The summed E-state index contributed by atoms with van der Waals surface area (Å²) in [6.45, 7) is 2.08. The van der Waals surface area contributed by atoms with E-state index in [2.05, 4.69) is 10.3 Å². The molecular formula is C24H22N4O3S. The SMILES string of the molecule is CCN(c1ccccc1)S(=O)(=O)c1ccc(C(=O)Nc2ccc(-n3ccnc3)cc2)cc1. The number of carbonyl (C=O) groups excluding carboxylic acids is 1. The second-order valence-corrected chi connectivity index (χ2v) is 8.86. The molecule has 3 aromatic carbocycles. The maximum atomic E-state index is 13.1. The van der Waals surface area contributed by atoms with E-state index in [1.165, 1.54) is 28.6 Å². The first-order valence-electron chi connectivity index (χ1n) is 10.1. The minimum atomic E-state index is -3.74. The van der Waals surface area contributed by atoms with Crippen molar-refractivity contribution in [3.8, 4) is 5.69 Å². The van der Waals surface area contributed by atoms with Crippen LogP contribution < -0.4 is 9.62 Å². The van der Waals surface area contributed by atoms with Gasteiger partial charge < -0.3 is 9.88 Å². The van der Waals surface area contributed by atoms with Gasteiger partial charge in [-0.25, -0.2) is 13.4 Å². The summed E-state index contributed by atoms with van der Waals surface area (Å²) in [4.78, 5) is 16.8. The number of hydrogen-bond donors (Lipinski definition) is 1. The van der Waals surface area contributed by atoms with Gasteiger partial charge in [0.2, 0.25) is 0 Å². The molecule has 0 saturated carbocycles. The summed E-state index contributed by atoms with van der Waals surface area (Å²) >= 11 is 0. The van der Waals surface area contributed by atoms with Gasteiger partial charge in [-0.1, -0.05) is 18.2 Å². The number of amides is 1. The number of anilines is 2. The number of nitrogens with zero attached hydrogens (tertiary/aromatic N) is 3. The first-order chi connectivity index (χ1) is 15.5. The van der Waals surface area contributed by atoms with Crippen LogP contribution in [0.2, 0.25) is 0 Å². The molecular weight excluding hydrogens is 424 g/mol. The molecule has 0 radical (unpaired) electrons. The molecule has 0 aliphatic carbocycles. The number of carbonyl (C=O) groups is 1. The van der Waals surface area contributed by atoms with E-state index in [0.717, 1.165) is 5.69 Å². The summed E-state index contributed by atoms with van der Waals surface area (Å²) in [6, 6.07) is 22.2. The predicted molar refractivity (Wildman–Crippen MR) is 125 cm³/mol. The molecule has 0 spiro atoms. The van der Waals surface area contributed by atoms with E-state index in [9.17, 15) is 13.2 Å². The van der Waals surface area contributed by atoms with E-state index >= 15 is 0 Å². The fraction of sp³-hybridized carbons (Fsp3) is 0.0833. The molecule has 1 heterocycles. The molecule has 0 aliphatic rings. The first kappa shape index (κ1) is 21.3. The second kappa shape index (κ2) is 9.07. The van der Waals surface area contributed by atoms with Gasteiger partial charge in [0, 0.05) is 35.9 Å². The maximum Gasteiger partial charge on any atom is 0.264 e. The van der Waals surface area contributed by atoms with E-state index < -0.39 is 10.0 Å². The maximum absolute atomic E-state index is 13.1. The molecule has 0 bridgehead atoms. The lowest BCUT2D eigenvalue weighted by molar-refractivity contribution is 0.102. The van der Waals surface area contributed by atoms with Crippen molar-refractivity contribution in [2.45, 2.75) is 11.8 Å².